The summed E-state index contributed by atoms with van der Waals surface area (Å²) >= 11 is 5.22. The van der Waals surface area contributed by atoms with Crippen LogP contribution in [-0.4, -0.2) is 4.86 Å². The van der Waals surface area contributed by atoms with E-state index in [2.05, 4.69) is 20.8 Å². The van der Waals surface area contributed by atoms with Crippen LogP contribution in [0, 0.1) is 11.3 Å². The van der Waals surface area contributed by atoms with Crippen molar-refractivity contribution in [1.29, 1.82) is 0 Å². The molecule has 0 aromatic carbocycles. The Hall–Kier alpha value is 0.0900. The zero-order valence-corrected chi connectivity index (χ0v) is 10.0. The van der Waals surface area contributed by atoms with Crippen LogP contribution in [0.1, 0.15) is 59.3 Å². The van der Waals surface area contributed by atoms with Gasteiger partial charge in [0.2, 0.25) is 0 Å². The summed E-state index contributed by atoms with van der Waals surface area (Å²) in [4.78, 5) is 1.21. The van der Waals surface area contributed by atoms with Gasteiger partial charge in [0.1, 0.15) is 0 Å². The molecule has 1 rings (SSSR count). The van der Waals surface area contributed by atoms with Crippen molar-refractivity contribution >= 4 is 17.1 Å². The molecule has 0 heterocycles. The number of hydrogen-bond donors (Lipinski definition) is 0. The predicted octanol–water partition coefficient (Wildman–Crippen LogP) is 4.37. The fourth-order valence-electron chi connectivity index (χ4n) is 2.46. The van der Waals surface area contributed by atoms with Crippen LogP contribution in [0.5, 0.6) is 0 Å². The standard InChI is InChI=1S/C12H22S/c1-4-5-6-7-12(8-10(12)2)9-11(3)13/h10H,4-9H2,1-3H3. The van der Waals surface area contributed by atoms with Crippen molar-refractivity contribution in [2.45, 2.75) is 59.3 Å². The second-order valence-electron chi connectivity index (χ2n) is 4.80. The van der Waals surface area contributed by atoms with Gasteiger partial charge in [-0.05, 0) is 42.4 Å². The Balaban J connectivity index is 2.30. The highest BCUT2D eigenvalue weighted by Gasteiger charge is 2.49. The molecular weight excluding hydrogens is 176 g/mol. The highest BCUT2D eigenvalue weighted by atomic mass is 32.1. The average molecular weight is 198 g/mol. The van der Waals surface area contributed by atoms with E-state index in [4.69, 9.17) is 12.2 Å². The van der Waals surface area contributed by atoms with E-state index in [-0.39, 0.29) is 0 Å². The molecule has 0 amide bonds. The lowest BCUT2D eigenvalue weighted by molar-refractivity contribution is 0.421. The van der Waals surface area contributed by atoms with Crippen molar-refractivity contribution in [2.75, 3.05) is 0 Å². The molecule has 1 aliphatic carbocycles. The average Bonchev–Trinajstić information content (AvgIpc) is 2.60. The quantitative estimate of drug-likeness (QED) is 0.451. The van der Waals surface area contributed by atoms with Crippen LogP contribution in [0.4, 0.5) is 0 Å². The molecule has 0 N–H and O–H groups in total. The van der Waals surface area contributed by atoms with E-state index in [1.807, 2.05) is 0 Å². The maximum absolute atomic E-state index is 5.22. The van der Waals surface area contributed by atoms with Crippen LogP contribution < -0.4 is 0 Å². The molecular formula is C12H22S. The largest absolute Gasteiger partial charge is 0.0900 e. The third-order valence-electron chi connectivity index (χ3n) is 3.48. The highest BCUT2D eigenvalue weighted by molar-refractivity contribution is 7.80. The molecule has 76 valence electrons. The van der Waals surface area contributed by atoms with Gasteiger partial charge in [0.15, 0.2) is 0 Å². The van der Waals surface area contributed by atoms with Crippen LogP contribution in [0.2, 0.25) is 0 Å². The lowest BCUT2D eigenvalue weighted by Crippen LogP contribution is -2.07. The minimum Gasteiger partial charge on any atom is -0.0900 e. The lowest BCUT2D eigenvalue weighted by atomic mass is 9.91. The Morgan fingerprint density at radius 1 is 1.46 bits per heavy atom. The number of unbranched alkanes of at least 4 members (excludes halogenated alkanes) is 2. The summed E-state index contributed by atoms with van der Waals surface area (Å²) in [6, 6.07) is 0. The second-order valence-corrected chi connectivity index (χ2v) is 5.50. The third-order valence-corrected chi connectivity index (χ3v) is 3.62. The van der Waals surface area contributed by atoms with Gasteiger partial charge >= 0.3 is 0 Å². The summed E-state index contributed by atoms with van der Waals surface area (Å²) in [6.07, 6.45) is 8.17. The zero-order chi connectivity index (χ0) is 9.90. The molecule has 1 heteroatoms. The topological polar surface area (TPSA) is 0 Å². The first kappa shape index (κ1) is 11.2. The van der Waals surface area contributed by atoms with Gasteiger partial charge in [0.05, 0.1) is 0 Å². The Morgan fingerprint density at radius 2 is 2.08 bits per heavy atom. The van der Waals surface area contributed by atoms with E-state index in [1.165, 1.54) is 43.4 Å². The summed E-state index contributed by atoms with van der Waals surface area (Å²) in [6.45, 7) is 6.75. The normalized spacial score (nSPS) is 31.8. The molecule has 1 aliphatic rings. The minimum absolute atomic E-state index is 0.640. The van der Waals surface area contributed by atoms with Crippen molar-refractivity contribution in [3.8, 4) is 0 Å². The van der Waals surface area contributed by atoms with Gasteiger partial charge in [0, 0.05) is 0 Å². The van der Waals surface area contributed by atoms with Gasteiger partial charge in [0.25, 0.3) is 0 Å². The van der Waals surface area contributed by atoms with E-state index in [1.54, 1.807) is 0 Å². The summed E-state index contributed by atoms with van der Waals surface area (Å²) in [5.74, 6) is 0.933. The fourth-order valence-corrected chi connectivity index (χ4v) is 2.74. The maximum atomic E-state index is 5.22. The van der Waals surface area contributed by atoms with E-state index in [0.717, 1.165) is 5.92 Å². The second kappa shape index (κ2) is 4.54. The van der Waals surface area contributed by atoms with Crippen molar-refractivity contribution < 1.29 is 0 Å². The molecule has 0 bridgehead atoms. The van der Waals surface area contributed by atoms with Crippen LogP contribution in [0.3, 0.4) is 0 Å². The van der Waals surface area contributed by atoms with Gasteiger partial charge in [-0.25, -0.2) is 0 Å². The smallest absolute Gasteiger partial charge is 0.00968 e. The summed E-state index contributed by atoms with van der Waals surface area (Å²) in [7, 11) is 0. The summed E-state index contributed by atoms with van der Waals surface area (Å²) in [5, 5.41) is 0. The highest BCUT2D eigenvalue weighted by Crippen LogP contribution is 2.58. The summed E-state index contributed by atoms with van der Waals surface area (Å²) in [5.41, 5.74) is 0.640. The first-order valence-corrected chi connectivity index (χ1v) is 6.01. The van der Waals surface area contributed by atoms with E-state index < -0.39 is 0 Å². The Bertz CT molecular complexity index is 186. The molecule has 0 radical (unpaired) electrons. The van der Waals surface area contributed by atoms with Crippen LogP contribution >= 0.6 is 12.2 Å². The van der Waals surface area contributed by atoms with Gasteiger partial charge < -0.3 is 0 Å². The molecule has 2 unspecified atom stereocenters. The Labute approximate surface area is 88.1 Å². The Morgan fingerprint density at radius 3 is 2.46 bits per heavy atom. The predicted molar refractivity (Wildman–Crippen MR) is 63.2 cm³/mol. The molecule has 0 nitrogen and oxygen atoms in total. The zero-order valence-electron chi connectivity index (χ0n) is 9.23. The molecule has 2 atom stereocenters. The maximum Gasteiger partial charge on any atom is -0.00968 e. The van der Waals surface area contributed by atoms with Gasteiger partial charge in [-0.15, -0.1) is 0 Å². The van der Waals surface area contributed by atoms with Crippen molar-refractivity contribution in [3.05, 3.63) is 0 Å². The SMILES string of the molecule is CCCCCC1(CC(C)=S)CC1C. The first-order valence-electron chi connectivity index (χ1n) is 5.60. The van der Waals surface area contributed by atoms with Gasteiger partial charge in [-0.2, -0.15) is 0 Å². The van der Waals surface area contributed by atoms with Crippen LogP contribution in [0.25, 0.3) is 0 Å². The van der Waals surface area contributed by atoms with Crippen molar-refractivity contribution in [2.24, 2.45) is 11.3 Å². The lowest BCUT2D eigenvalue weighted by Gasteiger charge is -2.15. The van der Waals surface area contributed by atoms with Gasteiger partial charge in [-0.3, -0.25) is 0 Å². The van der Waals surface area contributed by atoms with Crippen molar-refractivity contribution in [1.82, 2.24) is 0 Å². The molecule has 0 aromatic rings. The molecule has 0 spiro atoms. The van der Waals surface area contributed by atoms with E-state index in [9.17, 15) is 0 Å². The van der Waals surface area contributed by atoms with Crippen molar-refractivity contribution in [3.63, 3.8) is 0 Å². The molecule has 0 aromatic heterocycles. The molecule has 1 fully saturated rings. The Kier molecular flexibility index (Phi) is 3.90. The van der Waals surface area contributed by atoms with Crippen LogP contribution in [-0.2, 0) is 0 Å². The van der Waals surface area contributed by atoms with Gasteiger partial charge in [-0.1, -0.05) is 45.3 Å². The number of thiocarbonyl (C=S) groups is 1. The van der Waals surface area contributed by atoms with E-state index >= 15 is 0 Å². The van der Waals surface area contributed by atoms with Crippen LogP contribution in [0.15, 0.2) is 0 Å². The monoisotopic (exact) mass is 198 g/mol. The fraction of sp³-hybridized carbons (Fsp3) is 0.917. The third kappa shape index (κ3) is 3.05. The molecule has 1 saturated carbocycles. The first-order chi connectivity index (χ1) is 6.10. The molecule has 0 saturated heterocycles. The van der Waals surface area contributed by atoms with E-state index in [0.29, 0.717) is 5.41 Å². The number of rotatable bonds is 6. The summed E-state index contributed by atoms with van der Waals surface area (Å²) < 4.78 is 0. The molecule has 0 aliphatic heterocycles. The number of hydrogen-bond acceptors (Lipinski definition) is 1. The minimum atomic E-state index is 0.640. The molecule has 13 heavy (non-hydrogen) atoms.